The molecule has 0 aliphatic heterocycles. The lowest BCUT2D eigenvalue weighted by Crippen LogP contribution is -2.14. The minimum absolute atomic E-state index is 0.162. The average molecular weight is 375 g/mol. The van der Waals surface area contributed by atoms with Gasteiger partial charge in [-0.05, 0) is 48.2 Å². The summed E-state index contributed by atoms with van der Waals surface area (Å²) in [5.74, 6) is 0.690. The number of anilines is 2. The summed E-state index contributed by atoms with van der Waals surface area (Å²) < 4.78 is 5.25. The Bertz CT molecular complexity index is 940. The molecular formula is C23H25N3O2. The first-order valence-electron chi connectivity index (χ1n) is 9.40. The van der Waals surface area contributed by atoms with E-state index in [1.165, 1.54) is 5.56 Å². The molecule has 1 heterocycles. The van der Waals surface area contributed by atoms with Gasteiger partial charge >= 0.3 is 0 Å². The van der Waals surface area contributed by atoms with Crippen LogP contribution in [0.15, 0.2) is 67.0 Å². The second-order valence-corrected chi connectivity index (χ2v) is 6.46. The van der Waals surface area contributed by atoms with Gasteiger partial charge in [0.1, 0.15) is 5.75 Å². The van der Waals surface area contributed by atoms with Crippen molar-refractivity contribution in [3.63, 3.8) is 0 Å². The topological polar surface area (TPSA) is 63.2 Å². The van der Waals surface area contributed by atoms with Gasteiger partial charge in [-0.1, -0.05) is 37.3 Å². The van der Waals surface area contributed by atoms with Gasteiger partial charge in [0.2, 0.25) is 0 Å². The number of aromatic nitrogens is 1. The van der Waals surface area contributed by atoms with Crippen LogP contribution in [-0.2, 0) is 12.8 Å². The van der Waals surface area contributed by atoms with Gasteiger partial charge in [-0.3, -0.25) is 9.78 Å². The highest BCUT2D eigenvalue weighted by atomic mass is 16.5. The maximum Gasteiger partial charge on any atom is 0.257 e. The number of hydrogen-bond donors (Lipinski definition) is 2. The molecule has 0 fully saturated rings. The molecule has 1 amide bonds. The summed E-state index contributed by atoms with van der Waals surface area (Å²) in [6, 6.07) is 17.7. The number of methoxy groups -OCH3 is 1. The van der Waals surface area contributed by atoms with Gasteiger partial charge in [0.15, 0.2) is 0 Å². The third-order valence-electron chi connectivity index (χ3n) is 4.52. The van der Waals surface area contributed by atoms with E-state index >= 15 is 0 Å². The number of aryl methyl sites for hydroxylation is 1. The number of nitrogens with one attached hydrogen (secondary N) is 2. The van der Waals surface area contributed by atoms with Crippen LogP contribution >= 0.6 is 0 Å². The molecule has 0 spiro atoms. The van der Waals surface area contributed by atoms with Crippen molar-refractivity contribution in [2.75, 3.05) is 24.3 Å². The number of para-hydroxylation sites is 1. The first kappa shape index (κ1) is 19.4. The highest BCUT2D eigenvalue weighted by Gasteiger charge is 2.09. The van der Waals surface area contributed by atoms with Gasteiger partial charge in [-0.2, -0.15) is 0 Å². The summed E-state index contributed by atoms with van der Waals surface area (Å²) in [7, 11) is 1.67. The average Bonchev–Trinajstić information content (AvgIpc) is 2.74. The Morgan fingerprint density at radius 3 is 2.75 bits per heavy atom. The fraction of sp³-hybridized carbons (Fsp3) is 0.217. The molecule has 0 bridgehead atoms. The van der Waals surface area contributed by atoms with Crippen molar-refractivity contribution in [1.82, 2.24) is 4.98 Å². The van der Waals surface area contributed by atoms with Gasteiger partial charge in [-0.15, -0.1) is 0 Å². The van der Waals surface area contributed by atoms with E-state index in [1.54, 1.807) is 19.5 Å². The smallest absolute Gasteiger partial charge is 0.257 e. The normalized spacial score (nSPS) is 10.4. The zero-order valence-corrected chi connectivity index (χ0v) is 16.2. The van der Waals surface area contributed by atoms with E-state index in [2.05, 4.69) is 28.6 Å². The van der Waals surface area contributed by atoms with Gasteiger partial charge in [0.05, 0.1) is 18.4 Å². The summed E-state index contributed by atoms with van der Waals surface area (Å²) in [5.41, 5.74) is 4.48. The number of pyridine rings is 1. The summed E-state index contributed by atoms with van der Waals surface area (Å²) in [6.07, 6.45) is 5.01. The molecular weight excluding hydrogens is 350 g/mol. The zero-order valence-electron chi connectivity index (χ0n) is 16.2. The number of amides is 1. The number of ether oxygens (including phenoxy) is 1. The quantitative estimate of drug-likeness (QED) is 0.606. The summed E-state index contributed by atoms with van der Waals surface area (Å²) in [4.78, 5) is 16.8. The number of nitrogens with zero attached hydrogens (tertiary/aromatic N) is 1. The Morgan fingerprint density at radius 2 is 1.93 bits per heavy atom. The second-order valence-electron chi connectivity index (χ2n) is 6.46. The van der Waals surface area contributed by atoms with Crippen LogP contribution in [0, 0.1) is 0 Å². The summed E-state index contributed by atoms with van der Waals surface area (Å²) in [5, 5.41) is 6.31. The van der Waals surface area contributed by atoms with Crippen molar-refractivity contribution in [2.45, 2.75) is 19.8 Å². The first-order valence-corrected chi connectivity index (χ1v) is 9.40. The molecule has 2 aromatic carbocycles. The molecule has 0 saturated carbocycles. The van der Waals surface area contributed by atoms with Crippen molar-refractivity contribution < 1.29 is 9.53 Å². The molecule has 5 nitrogen and oxygen atoms in total. The van der Waals surface area contributed by atoms with Crippen molar-refractivity contribution in [2.24, 2.45) is 0 Å². The maximum atomic E-state index is 12.6. The van der Waals surface area contributed by atoms with Crippen LogP contribution in [0.5, 0.6) is 5.75 Å². The van der Waals surface area contributed by atoms with Gasteiger partial charge in [-0.25, -0.2) is 0 Å². The van der Waals surface area contributed by atoms with Crippen LogP contribution in [0.2, 0.25) is 0 Å². The lowest BCUT2D eigenvalue weighted by Gasteiger charge is -2.11. The SMILES string of the molecule is CCc1ccccc1NC(=O)c1cncc(NCCc2cccc(OC)c2)c1. The fourth-order valence-electron chi connectivity index (χ4n) is 2.98. The number of hydrogen-bond acceptors (Lipinski definition) is 4. The lowest BCUT2D eigenvalue weighted by molar-refractivity contribution is 0.102. The van der Waals surface area contributed by atoms with Crippen LogP contribution in [0.1, 0.15) is 28.4 Å². The minimum Gasteiger partial charge on any atom is -0.497 e. The molecule has 0 atom stereocenters. The van der Waals surface area contributed by atoms with Gasteiger partial charge < -0.3 is 15.4 Å². The van der Waals surface area contributed by atoms with Crippen LogP contribution < -0.4 is 15.4 Å². The number of benzene rings is 2. The lowest BCUT2D eigenvalue weighted by atomic mass is 10.1. The van der Waals surface area contributed by atoms with E-state index in [9.17, 15) is 4.79 Å². The molecule has 28 heavy (non-hydrogen) atoms. The predicted molar refractivity (Wildman–Crippen MR) is 113 cm³/mol. The number of rotatable bonds is 8. The third kappa shape index (κ3) is 5.10. The van der Waals surface area contributed by atoms with Crippen molar-refractivity contribution in [1.29, 1.82) is 0 Å². The molecule has 0 aliphatic carbocycles. The van der Waals surface area contributed by atoms with E-state index in [-0.39, 0.29) is 5.91 Å². The highest BCUT2D eigenvalue weighted by molar-refractivity contribution is 6.04. The third-order valence-corrected chi connectivity index (χ3v) is 4.52. The Morgan fingerprint density at radius 1 is 1.07 bits per heavy atom. The Kier molecular flexibility index (Phi) is 6.63. The molecule has 3 rings (SSSR count). The molecule has 3 aromatic rings. The van der Waals surface area contributed by atoms with Gasteiger partial charge in [0, 0.05) is 24.6 Å². The molecule has 144 valence electrons. The second kappa shape index (κ2) is 9.55. The molecule has 0 unspecified atom stereocenters. The summed E-state index contributed by atoms with van der Waals surface area (Å²) in [6.45, 7) is 2.80. The number of carbonyl (C=O) groups is 1. The molecule has 0 saturated heterocycles. The highest BCUT2D eigenvalue weighted by Crippen LogP contribution is 2.18. The fourth-order valence-corrected chi connectivity index (χ4v) is 2.98. The van der Waals surface area contributed by atoms with E-state index in [0.29, 0.717) is 5.56 Å². The molecule has 0 radical (unpaired) electrons. The van der Waals surface area contributed by atoms with E-state index < -0.39 is 0 Å². The van der Waals surface area contributed by atoms with Crippen molar-refractivity contribution in [3.05, 3.63) is 83.7 Å². The van der Waals surface area contributed by atoms with Gasteiger partial charge in [0.25, 0.3) is 5.91 Å². The molecule has 0 aliphatic rings. The largest absolute Gasteiger partial charge is 0.497 e. The van der Waals surface area contributed by atoms with Crippen LogP contribution in [-0.4, -0.2) is 24.5 Å². The summed E-state index contributed by atoms with van der Waals surface area (Å²) >= 11 is 0. The molecule has 2 N–H and O–H groups in total. The minimum atomic E-state index is -0.162. The predicted octanol–water partition coefficient (Wildman–Crippen LogP) is 4.56. The molecule has 1 aromatic heterocycles. The molecule has 5 heteroatoms. The Balaban J connectivity index is 1.61. The van der Waals surface area contributed by atoms with Crippen LogP contribution in [0.25, 0.3) is 0 Å². The van der Waals surface area contributed by atoms with Crippen molar-refractivity contribution in [3.8, 4) is 5.75 Å². The van der Waals surface area contributed by atoms with Crippen molar-refractivity contribution >= 4 is 17.3 Å². The zero-order chi connectivity index (χ0) is 19.8. The Labute approximate surface area is 165 Å². The first-order chi connectivity index (χ1) is 13.7. The number of carbonyl (C=O) groups excluding carboxylic acids is 1. The van der Waals surface area contributed by atoms with Crippen LogP contribution in [0.3, 0.4) is 0 Å². The van der Waals surface area contributed by atoms with E-state index in [4.69, 9.17) is 4.74 Å². The van der Waals surface area contributed by atoms with E-state index in [1.807, 2.05) is 48.5 Å². The Hall–Kier alpha value is -3.34. The maximum absolute atomic E-state index is 12.6. The van der Waals surface area contributed by atoms with E-state index in [0.717, 1.165) is 42.1 Å². The monoisotopic (exact) mass is 375 g/mol. The van der Waals surface area contributed by atoms with Crippen LogP contribution in [0.4, 0.5) is 11.4 Å². The standard InChI is InChI=1S/C23H25N3O2/c1-3-18-8-4-5-10-22(18)26-23(27)19-14-20(16-24-15-19)25-12-11-17-7-6-9-21(13-17)28-2/h4-10,13-16,25H,3,11-12H2,1-2H3,(H,26,27).